The Morgan fingerprint density at radius 1 is 0.714 bits per heavy atom. The smallest absolute Gasteiger partial charge is 0.321 e. The van der Waals surface area contributed by atoms with E-state index in [1.54, 1.807) is 60.7 Å². The molecular formula is C16H14O4S. The standard InChI is InChI=1S/C16H14O4S/c17-15(18)13(11-7-3-1-4-8-11)21-14(16(19)20)12-9-5-2-6-10-12/h1-10,13-14H,(H,17,18)(H,19,20)/t13-,14+. The van der Waals surface area contributed by atoms with Crippen LogP contribution in [0.15, 0.2) is 60.7 Å². The average molecular weight is 302 g/mol. The molecule has 21 heavy (non-hydrogen) atoms. The molecule has 2 atom stereocenters. The Morgan fingerprint density at radius 2 is 1.05 bits per heavy atom. The summed E-state index contributed by atoms with van der Waals surface area (Å²) in [7, 11) is 0. The third kappa shape index (κ3) is 3.86. The van der Waals surface area contributed by atoms with Crippen molar-refractivity contribution in [3.8, 4) is 0 Å². The van der Waals surface area contributed by atoms with Crippen molar-refractivity contribution in [3.63, 3.8) is 0 Å². The molecule has 5 heteroatoms. The van der Waals surface area contributed by atoms with E-state index in [0.29, 0.717) is 11.1 Å². The number of benzene rings is 2. The van der Waals surface area contributed by atoms with Crippen molar-refractivity contribution in [2.75, 3.05) is 0 Å². The van der Waals surface area contributed by atoms with Crippen LogP contribution in [0.2, 0.25) is 0 Å². The van der Waals surface area contributed by atoms with Crippen molar-refractivity contribution < 1.29 is 19.8 Å². The highest BCUT2D eigenvalue weighted by Crippen LogP contribution is 2.40. The summed E-state index contributed by atoms with van der Waals surface area (Å²) in [4.78, 5) is 23.0. The van der Waals surface area contributed by atoms with Gasteiger partial charge in [0, 0.05) is 0 Å². The quantitative estimate of drug-likeness (QED) is 0.855. The monoisotopic (exact) mass is 302 g/mol. The van der Waals surface area contributed by atoms with Crippen molar-refractivity contribution in [1.82, 2.24) is 0 Å². The fourth-order valence-electron chi connectivity index (χ4n) is 1.95. The SMILES string of the molecule is O=C(O)[C@@H](S[C@@H](C(=O)O)c1ccccc1)c1ccccc1. The minimum absolute atomic E-state index is 0.581. The number of carbonyl (C=O) groups is 2. The Hall–Kier alpha value is -2.27. The lowest BCUT2D eigenvalue weighted by molar-refractivity contribution is -0.136. The number of aliphatic carboxylic acids is 2. The lowest BCUT2D eigenvalue weighted by Gasteiger charge is -2.18. The van der Waals surface area contributed by atoms with Crippen LogP contribution in [0.3, 0.4) is 0 Å². The van der Waals surface area contributed by atoms with Crippen LogP contribution >= 0.6 is 11.8 Å². The molecule has 0 aromatic heterocycles. The second kappa shape index (κ2) is 6.95. The fraction of sp³-hybridized carbons (Fsp3) is 0.125. The molecule has 0 saturated carbocycles. The predicted molar refractivity (Wildman–Crippen MR) is 81.2 cm³/mol. The summed E-state index contributed by atoms with van der Waals surface area (Å²) in [6.45, 7) is 0. The second-order valence-electron chi connectivity index (χ2n) is 4.39. The Labute approximate surface area is 126 Å². The summed E-state index contributed by atoms with van der Waals surface area (Å²) in [6.07, 6.45) is 0. The van der Waals surface area contributed by atoms with Crippen molar-refractivity contribution in [1.29, 1.82) is 0 Å². The third-order valence-corrected chi connectivity index (χ3v) is 4.42. The van der Waals surface area contributed by atoms with Crippen LogP contribution in [-0.2, 0) is 9.59 Å². The number of carboxylic acid groups (broad SMARTS) is 2. The number of carboxylic acids is 2. The Balaban J connectivity index is 2.30. The maximum absolute atomic E-state index is 11.5. The van der Waals surface area contributed by atoms with Gasteiger partial charge in [0.05, 0.1) is 0 Å². The maximum Gasteiger partial charge on any atom is 0.321 e. The van der Waals surface area contributed by atoms with Crippen LogP contribution in [0.1, 0.15) is 21.6 Å². The second-order valence-corrected chi connectivity index (χ2v) is 5.61. The van der Waals surface area contributed by atoms with Gasteiger partial charge in [-0.15, -0.1) is 11.8 Å². The molecule has 0 unspecified atom stereocenters. The maximum atomic E-state index is 11.5. The molecule has 0 aliphatic rings. The molecule has 0 spiro atoms. The van der Waals surface area contributed by atoms with Gasteiger partial charge >= 0.3 is 11.9 Å². The van der Waals surface area contributed by atoms with Gasteiger partial charge in [-0.2, -0.15) is 0 Å². The molecule has 0 amide bonds. The molecule has 2 rings (SSSR count). The lowest BCUT2D eigenvalue weighted by Crippen LogP contribution is -2.15. The summed E-state index contributed by atoms with van der Waals surface area (Å²) < 4.78 is 0. The first-order chi connectivity index (χ1) is 10.1. The van der Waals surface area contributed by atoms with Crippen LogP contribution in [0.25, 0.3) is 0 Å². The summed E-state index contributed by atoms with van der Waals surface area (Å²) in [5, 5.41) is 16.9. The Kier molecular flexibility index (Phi) is 5.00. The number of rotatable bonds is 6. The van der Waals surface area contributed by atoms with Gasteiger partial charge in [0.15, 0.2) is 0 Å². The molecule has 0 saturated heterocycles. The first kappa shape index (κ1) is 15.1. The van der Waals surface area contributed by atoms with Gasteiger partial charge in [-0.25, -0.2) is 0 Å². The Morgan fingerprint density at radius 3 is 1.33 bits per heavy atom. The molecule has 2 aromatic carbocycles. The normalized spacial score (nSPS) is 13.3. The minimum atomic E-state index is -1.05. The van der Waals surface area contributed by atoms with E-state index in [2.05, 4.69) is 0 Å². The highest BCUT2D eigenvalue weighted by molar-refractivity contribution is 8.01. The van der Waals surface area contributed by atoms with E-state index in [1.807, 2.05) is 0 Å². The minimum Gasteiger partial charge on any atom is -0.480 e. The zero-order chi connectivity index (χ0) is 15.2. The average Bonchev–Trinajstić information content (AvgIpc) is 2.49. The van der Waals surface area contributed by atoms with E-state index < -0.39 is 22.4 Å². The third-order valence-electron chi connectivity index (χ3n) is 2.93. The van der Waals surface area contributed by atoms with E-state index in [9.17, 15) is 19.8 Å². The van der Waals surface area contributed by atoms with Crippen molar-refractivity contribution in [2.45, 2.75) is 10.5 Å². The van der Waals surface area contributed by atoms with Gasteiger partial charge in [0.25, 0.3) is 0 Å². The summed E-state index contributed by atoms with van der Waals surface area (Å²) >= 11 is 0.913. The molecule has 2 N–H and O–H groups in total. The van der Waals surface area contributed by atoms with E-state index in [-0.39, 0.29) is 0 Å². The first-order valence-electron chi connectivity index (χ1n) is 6.30. The zero-order valence-electron chi connectivity index (χ0n) is 11.0. The van der Waals surface area contributed by atoms with Crippen molar-refractivity contribution >= 4 is 23.7 Å². The zero-order valence-corrected chi connectivity index (χ0v) is 11.9. The van der Waals surface area contributed by atoms with Crippen LogP contribution in [0.4, 0.5) is 0 Å². The topological polar surface area (TPSA) is 74.6 Å². The molecule has 2 aromatic rings. The molecule has 0 fully saturated rings. The molecule has 0 radical (unpaired) electrons. The Bertz CT molecular complexity index is 557. The molecule has 0 aliphatic heterocycles. The van der Waals surface area contributed by atoms with Gasteiger partial charge in [0.2, 0.25) is 0 Å². The van der Waals surface area contributed by atoms with E-state index in [4.69, 9.17) is 0 Å². The van der Waals surface area contributed by atoms with Crippen LogP contribution in [-0.4, -0.2) is 22.2 Å². The van der Waals surface area contributed by atoms with Gasteiger partial charge in [-0.1, -0.05) is 60.7 Å². The number of thioether (sulfide) groups is 1. The van der Waals surface area contributed by atoms with Crippen molar-refractivity contribution in [3.05, 3.63) is 71.8 Å². The number of hydrogen-bond donors (Lipinski definition) is 2. The highest BCUT2D eigenvalue weighted by atomic mass is 32.2. The van der Waals surface area contributed by atoms with E-state index >= 15 is 0 Å². The summed E-state index contributed by atoms with van der Waals surface area (Å²) in [5.74, 6) is -2.10. The van der Waals surface area contributed by atoms with Gasteiger partial charge in [0.1, 0.15) is 10.5 Å². The lowest BCUT2D eigenvalue weighted by atomic mass is 10.1. The van der Waals surface area contributed by atoms with Crippen LogP contribution < -0.4 is 0 Å². The van der Waals surface area contributed by atoms with Crippen molar-refractivity contribution in [2.24, 2.45) is 0 Å². The highest BCUT2D eigenvalue weighted by Gasteiger charge is 2.29. The molecule has 108 valence electrons. The first-order valence-corrected chi connectivity index (χ1v) is 7.25. The van der Waals surface area contributed by atoms with Gasteiger partial charge in [-0.3, -0.25) is 9.59 Å². The largest absolute Gasteiger partial charge is 0.480 e. The van der Waals surface area contributed by atoms with E-state index in [1.165, 1.54) is 0 Å². The van der Waals surface area contributed by atoms with Crippen LogP contribution in [0, 0.1) is 0 Å². The van der Waals surface area contributed by atoms with Crippen LogP contribution in [0.5, 0.6) is 0 Å². The predicted octanol–water partition coefficient (Wildman–Crippen LogP) is 3.37. The van der Waals surface area contributed by atoms with E-state index in [0.717, 1.165) is 11.8 Å². The molecule has 4 nitrogen and oxygen atoms in total. The van der Waals surface area contributed by atoms with Gasteiger partial charge < -0.3 is 10.2 Å². The molecule has 0 heterocycles. The summed E-state index contributed by atoms with van der Waals surface area (Å²) in [5.41, 5.74) is 1.16. The molecule has 0 aliphatic carbocycles. The van der Waals surface area contributed by atoms with Gasteiger partial charge in [-0.05, 0) is 11.1 Å². The fourth-order valence-corrected chi connectivity index (χ4v) is 3.08. The molecule has 0 bridgehead atoms. The number of hydrogen-bond acceptors (Lipinski definition) is 3. The molecular weight excluding hydrogens is 288 g/mol. The summed E-state index contributed by atoms with van der Waals surface area (Å²) in [6, 6.07) is 17.3.